The zero-order valence-electron chi connectivity index (χ0n) is 13.7. The number of anilines is 2. The summed E-state index contributed by atoms with van der Waals surface area (Å²) in [6, 6.07) is 4.42. The topological polar surface area (TPSA) is 147 Å². The minimum Gasteiger partial charge on any atom is -0.409 e. The lowest BCUT2D eigenvalue weighted by Crippen LogP contribution is -2.54. The number of aromatic nitrogens is 2. The minimum absolute atomic E-state index is 0.0146. The van der Waals surface area contributed by atoms with E-state index in [2.05, 4.69) is 20.1 Å². The molecule has 1 aromatic carbocycles. The summed E-state index contributed by atoms with van der Waals surface area (Å²) in [5, 5.41) is 31.4. The van der Waals surface area contributed by atoms with Crippen LogP contribution in [0.25, 0.3) is 0 Å². The number of piperazine rings is 1. The maximum absolute atomic E-state index is 11.3. The van der Waals surface area contributed by atoms with Crippen LogP contribution in [0.1, 0.15) is 12.6 Å². The molecule has 0 radical (unpaired) electrons. The van der Waals surface area contributed by atoms with E-state index in [1.807, 2.05) is 11.8 Å². The van der Waals surface area contributed by atoms with Crippen LogP contribution in [0.3, 0.4) is 0 Å². The van der Waals surface area contributed by atoms with Crippen molar-refractivity contribution in [2.45, 2.75) is 13.0 Å². The number of hydrogen-bond acceptors (Lipinski definition) is 9. The van der Waals surface area contributed by atoms with Gasteiger partial charge in [0.15, 0.2) is 11.5 Å². The second-order valence-corrected chi connectivity index (χ2v) is 6.24. The lowest BCUT2D eigenvalue weighted by atomic mass is 10.1. The molecular formula is C14H16ClN7O4. The Labute approximate surface area is 152 Å². The lowest BCUT2D eigenvalue weighted by molar-refractivity contribution is -0.384. The number of nitrogens with two attached hydrogens (primary N) is 1. The number of halogens is 1. The standard InChI is InChI=1S/C14H16ClN7O4/c1-8-7-20(10-3-2-9(15)6-11(10)22(24)25)4-5-21(8)14(17-23)12-13(16)19-26-18-12/h2-3,6,8,23H,4-5,7H2,1H3,(H2,16,19)/b17-14+/t8-/m0/s1. The van der Waals surface area contributed by atoms with Gasteiger partial charge < -0.3 is 20.7 Å². The summed E-state index contributed by atoms with van der Waals surface area (Å²) in [4.78, 5) is 14.5. The molecule has 12 heteroatoms. The molecule has 2 heterocycles. The molecule has 1 atom stereocenters. The second-order valence-electron chi connectivity index (χ2n) is 5.80. The van der Waals surface area contributed by atoms with Gasteiger partial charge in [-0.3, -0.25) is 10.1 Å². The number of hydrogen-bond donors (Lipinski definition) is 2. The van der Waals surface area contributed by atoms with Crippen LogP contribution in [0.5, 0.6) is 0 Å². The predicted molar refractivity (Wildman–Crippen MR) is 93.5 cm³/mol. The van der Waals surface area contributed by atoms with Crippen LogP contribution < -0.4 is 10.6 Å². The highest BCUT2D eigenvalue weighted by Crippen LogP contribution is 2.32. The van der Waals surface area contributed by atoms with Crippen LogP contribution in [0.4, 0.5) is 17.2 Å². The summed E-state index contributed by atoms with van der Waals surface area (Å²) in [6.45, 7) is 3.22. The van der Waals surface area contributed by atoms with Crippen molar-refractivity contribution in [1.29, 1.82) is 0 Å². The van der Waals surface area contributed by atoms with Crippen LogP contribution >= 0.6 is 11.6 Å². The smallest absolute Gasteiger partial charge is 0.294 e. The molecular weight excluding hydrogens is 366 g/mol. The molecule has 1 saturated heterocycles. The molecule has 1 aliphatic rings. The van der Waals surface area contributed by atoms with Gasteiger partial charge >= 0.3 is 0 Å². The zero-order valence-corrected chi connectivity index (χ0v) is 14.5. The summed E-state index contributed by atoms with van der Waals surface area (Å²) in [7, 11) is 0. The molecule has 11 nitrogen and oxygen atoms in total. The molecule has 0 unspecified atom stereocenters. The van der Waals surface area contributed by atoms with Crippen molar-refractivity contribution >= 4 is 34.6 Å². The van der Waals surface area contributed by atoms with Crippen molar-refractivity contribution in [3.8, 4) is 0 Å². The molecule has 3 N–H and O–H groups in total. The average Bonchev–Trinajstić information content (AvgIpc) is 3.03. The summed E-state index contributed by atoms with van der Waals surface area (Å²) in [5.41, 5.74) is 6.24. The fraction of sp³-hybridized carbons (Fsp3) is 0.357. The van der Waals surface area contributed by atoms with Crippen molar-refractivity contribution < 1.29 is 14.8 Å². The van der Waals surface area contributed by atoms with Gasteiger partial charge in [-0.2, -0.15) is 0 Å². The van der Waals surface area contributed by atoms with Crippen LogP contribution in [0.2, 0.25) is 5.02 Å². The number of nitrogens with zero attached hydrogens (tertiary/aromatic N) is 6. The lowest BCUT2D eigenvalue weighted by Gasteiger charge is -2.41. The molecule has 0 saturated carbocycles. The van der Waals surface area contributed by atoms with Crippen molar-refractivity contribution in [2.24, 2.45) is 5.16 Å². The first-order chi connectivity index (χ1) is 12.4. The van der Waals surface area contributed by atoms with Gasteiger partial charge in [0.2, 0.25) is 5.84 Å². The SMILES string of the molecule is C[C@H]1CN(c2ccc(Cl)cc2[N+](=O)[O-])CCN1/C(=N/O)c1nonc1N. The maximum atomic E-state index is 11.3. The number of nitro benzene ring substituents is 1. The number of nitro groups is 1. The molecule has 1 fully saturated rings. The summed E-state index contributed by atoms with van der Waals surface area (Å²) < 4.78 is 4.56. The first kappa shape index (κ1) is 17.7. The fourth-order valence-corrected chi connectivity index (χ4v) is 3.16. The Morgan fingerprint density at radius 1 is 1.50 bits per heavy atom. The van der Waals surface area contributed by atoms with Gasteiger partial charge in [0.05, 0.1) is 4.92 Å². The maximum Gasteiger partial charge on any atom is 0.294 e. The summed E-state index contributed by atoms with van der Waals surface area (Å²) in [6.07, 6.45) is 0. The Morgan fingerprint density at radius 3 is 2.85 bits per heavy atom. The Bertz CT molecular complexity index is 856. The van der Waals surface area contributed by atoms with Crippen LogP contribution in [0.15, 0.2) is 28.0 Å². The van der Waals surface area contributed by atoms with Gasteiger partial charge in [-0.25, -0.2) is 4.63 Å². The first-order valence-corrected chi connectivity index (χ1v) is 8.06. The van der Waals surface area contributed by atoms with Crippen LogP contribution in [-0.2, 0) is 0 Å². The van der Waals surface area contributed by atoms with Crippen molar-refractivity contribution in [1.82, 2.24) is 15.2 Å². The van der Waals surface area contributed by atoms with Gasteiger partial charge in [0, 0.05) is 36.8 Å². The Morgan fingerprint density at radius 2 is 2.27 bits per heavy atom. The first-order valence-electron chi connectivity index (χ1n) is 7.68. The number of benzene rings is 1. The zero-order chi connectivity index (χ0) is 18.8. The normalized spacial score (nSPS) is 18.2. The van der Waals surface area contributed by atoms with Gasteiger partial charge in [-0.05, 0) is 29.4 Å². The number of amidine groups is 1. The highest BCUT2D eigenvalue weighted by atomic mass is 35.5. The summed E-state index contributed by atoms with van der Waals surface area (Å²) in [5.74, 6) is 0.155. The quantitative estimate of drug-likeness (QED) is 0.265. The monoisotopic (exact) mass is 381 g/mol. The second kappa shape index (κ2) is 7.04. The van der Waals surface area contributed by atoms with E-state index in [1.54, 1.807) is 17.0 Å². The molecule has 1 aromatic heterocycles. The van der Waals surface area contributed by atoms with E-state index in [0.29, 0.717) is 30.3 Å². The molecule has 26 heavy (non-hydrogen) atoms. The van der Waals surface area contributed by atoms with Gasteiger partial charge in [-0.15, -0.1) is 0 Å². The predicted octanol–water partition coefficient (Wildman–Crippen LogP) is 1.56. The Hall–Kier alpha value is -3.08. The van der Waals surface area contributed by atoms with E-state index in [0.717, 1.165) is 0 Å². The van der Waals surface area contributed by atoms with Gasteiger partial charge in [-0.1, -0.05) is 16.8 Å². The third-order valence-corrected chi connectivity index (χ3v) is 4.43. The minimum atomic E-state index is -0.458. The number of rotatable bonds is 3. The molecule has 3 rings (SSSR count). The fourth-order valence-electron chi connectivity index (χ4n) is 2.99. The van der Waals surface area contributed by atoms with E-state index in [9.17, 15) is 15.3 Å². The number of oxime groups is 1. The third kappa shape index (κ3) is 3.20. The highest BCUT2D eigenvalue weighted by Gasteiger charge is 2.32. The molecule has 0 spiro atoms. The molecule has 2 aromatic rings. The van der Waals surface area contributed by atoms with Crippen LogP contribution in [-0.4, -0.2) is 56.9 Å². The molecule has 1 aliphatic heterocycles. The highest BCUT2D eigenvalue weighted by molar-refractivity contribution is 6.30. The Balaban J connectivity index is 1.83. The van der Waals surface area contributed by atoms with Gasteiger partial charge in [0.25, 0.3) is 5.69 Å². The molecule has 0 amide bonds. The van der Waals surface area contributed by atoms with Crippen molar-refractivity contribution in [3.63, 3.8) is 0 Å². The van der Waals surface area contributed by atoms with E-state index in [-0.39, 0.29) is 29.1 Å². The van der Waals surface area contributed by atoms with Gasteiger partial charge in [0.1, 0.15) is 5.69 Å². The van der Waals surface area contributed by atoms with E-state index in [1.165, 1.54) is 6.07 Å². The van der Waals surface area contributed by atoms with E-state index in [4.69, 9.17) is 17.3 Å². The molecule has 138 valence electrons. The number of nitrogen functional groups attached to an aromatic ring is 1. The third-order valence-electron chi connectivity index (χ3n) is 4.19. The van der Waals surface area contributed by atoms with E-state index >= 15 is 0 Å². The average molecular weight is 382 g/mol. The van der Waals surface area contributed by atoms with Crippen molar-refractivity contribution in [2.75, 3.05) is 30.3 Å². The van der Waals surface area contributed by atoms with Crippen molar-refractivity contribution in [3.05, 3.63) is 39.0 Å². The van der Waals surface area contributed by atoms with Crippen LogP contribution in [0, 0.1) is 10.1 Å². The Kier molecular flexibility index (Phi) is 4.80. The molecule has 0 bridgehead atoms. The van der Waals surface area contributed by atoms with E-state index < -0.39 is 4.92 Å². The summed E-state index contributed by atoms with van der Waals surface area (Å²) >= 11 is 5.88. The molecule has 0 aliphatic carbocycles. The largest absolute Gasteiger partial charge is 0.409 e.